The summed E-state index contributed by atoms with van der Waals surface area (Å²) in [4.78, 5) is 14.4. The number of hydrogen-bond donors (Lipinski definition) is 1. The molecule has 1 aromatic heterocycles. The van der Waals surface area contributed by atoms with E-state index < -0.39 is 0 Å². The van der Waals surface area contributed by atoms with E-state index in [2.05, 4.69) is 120 Å². The molecular weight excluding hydrogens is 512 g/mol. The molecule has 4 nitrogen and oxygen atoms in total. The van der Waals surface area contributed by atoms with Crippen molar-refractivity contribution in [1.29, 1.82) is 0 Å². The predicted octanol–water partition coefficient (Wildman–Crippen LogP) is 8.71. The van der Waals surface area contributed by atoms with Gasteiger partial charge in [0, 0.05) is 16.8 Å². The van der Waals surface area contributed by atoms with Gasteiger partial charge in [-0.1, -0.05) is 103 Å². The van der Waals surface area contributed by atoms with Gasteiger partial charge in [-0.05, 0) is 77.2 Å². The summed E-state index contributed by atoms with van der Waals surface area (Å²) in [5.74, 6) is 1.62. The highest BCUT2D eigenvalue weighted by molar-refractivity contribution is 6.03. The summed E-state index contributed by atoms with van der Waals surface area (Å²) in [6, 6.07) is 44.5. The summed E-state index contributed by atoms with van der Waals surface area (Å²) >= 11 is 0. The average Bonchev–Trinajstić information content (AvgIpc) is 3.04. The molecule has 0 spiro atoms. The highest BCUT2D eigenvalue weighted by Gasteiger charge is 2.21. The number of aromatic nitrogens is 2. The van der Waals surface area contributed by atoms with E-state index in [0.717, 1.165) is 56.6 Å². The van der Waals surface area contributed by atoms with Crippen LogP contribution in [0.4, 0.5) is 0 Å². The van der Waals surface area contributed by atoms with Gasteiger partial charge in [0.1, 0.15) is 11.7 Å². The SMILES string of the molecule is Cc1cc(-c2cc(-c3cccc4ccccc34)cc(C3C=C(c4ccccc4)N=C(c4ccccc4)N3)c2)nc(C)n1. The van der Waals surface area contributed by atoms with Crippen LogP contribution >= 0.6 is 0 Å². The van der Waals surface area contributed by atoms with Gasteiger partial charge in [-0.3, -0.25) is 0 Å². The van der Waals surface area contributed by atoms with Crippen LogP contribution in [-0.4, -0.2) is 15.8 Å². The highest BCUT2D eigenvalue weighted by atomic mass is 15.0. The molecule has 1 unspecified atom stereocenters. The summed E-state index contributed by atoms with van der Waals surface area (Å²) in [6.07, 6.45) is 2.23. The number of aryl methyl sites for hydroxylation is 2. The monoisotopic (exact) mass is 542 g/mol. The molecule has 202 valence electrons. The van der Waals surface area contributed by atoms with Gasteiger partial charge in [-0.25, -0.2) is 15.0 Å². The lowest BCUT2D eigenvalue weighted by Gasteiger charge is -2.25. The Bertz CT molecular complexity index is 1950. The van der Waals surface area contributed by atoms with Gasteiger partial charge in [-0.2, -0.15) is 0 Å². The zero-order valence-corrected chi connectivity index (χ0v) is 23.6. The minimum absolute atomic E-state index is 0.106. The number of fused-ring (bicyclic) bond motifs is 1. The number of rotatable bonds is 5. The molecule has 0 bridgehead atoms. The number of benzene rings is 5. The maximum atomic E-state index is 5.07. The standard InChI is InChI=1S/C38H30N4/c1-25-20-35(40-26(2)39-25)31-21-30(34-19-11-17-27-12-9-10-18-33(27)34)22-32(23-31)37-24-36(28-13-5-3-6-14-28)41-38(42-37)29-15-7-4-8-16-29/h3-24,37H,1-2H3,(H,41,42). The summed E-state index contributed by atoms with van der Waals surface area (Å²) in [7, 11) is 0. The maximum absolute atomic E-state index is 5.07. The second kappa shape index (κ2) is 10.9. The van der Waals surface area contributed by atoms with Gasteiger partial charge in [0.2, 0.25) is 0 Å². The quantitative estimate of drug-likeness (QED) is 0.237. The fourth-order valence-electron chi connectivity index (χ4n) is 5.71. The summed E-state index contributed by atoms with van der Waals surface area (Å²) in [5, 5.41) is 6.19. The van der Waals surface area contributed by atoms with Crippen molar-refractivity contribution in [1.82, 2.24) is 15.3 Å². The van der Waals surface area contributed by atoms with Crippen molar-refractivity contribution in [3.8, 4) is 22.4 Å². The zero-order valence-electron chi connectivity index (χ0n) is 23.6. The molecule has 5 aromatic carbocycles. The van der Waals surface area contributed by atoms with Crippen molar-refractivity contribution in [2.24, 2.45) is 4.99 Å². The number of amidine groups is 1. The van der Waals surface area contributed by atoms with Crippen molar-refractivity contribution in [2.75, 3.05) is 0 Å². The summed E-state index contributed by atoms with van der Waals surface area (Å²) in [5.41, 5.74) is 9.50. The highest BCUT2D eigenvalue weighted by Crippen LogP contribution is 2.36. The van der Waals surface area contributed by atoms with Gasteiger partial charge < -0.3 is 5.32 Å². The smallest absolute Gasteiger partial charge is 0.134 e. The Balaban J connectivity index is 1.43. The average molecular weight is 543 g/mol. The third-order valence-electron chi connectivity index (χ3n) is 7.64. The normalized spacial score (nSPS) is 14.7. The van der Waals surface area contributed by atoms with E-state index in [1.54, 1.807) is 0 Å². The van der Waals surface area contributed by atoms with Crippen molar-refractivity contribution >= 4 is 22.3 Å². The van der Waals surface area contributed by atoms with Crippen molar-refractivity contribution in [3.05, 3.63) is 162 Å². The Morgan fingerprint density at radius 1 is 0.595 bits per heavy atom. The van der Waals surface area contributed by atoms with E-state index in [-0.39, 0.29) is 6.04 Å². The molecular formula is C38H30N4. The second-order valence-corrected chi connectivity index (χ2v) is 10.7. The first-order valence-corrected chi connectivity index (χ1v) is 14.2. The molecule has 42 heavy (non-hydrogen) atoms. The second-order valence-electron chi connectivity index (χ2n) is 10.7. The van der Waals surface area contributed by atoms with E-state index in [9.17, 15) is 0 Å². The number of nitrogens with one attached hydrogen (secondary N) is 1. The first kappa shape index (κ1) is 25.6. The lowest BCUT2D eigenvalue weighted by atomic mass is 9.91. The third kappa shape index (κ3) is 5.11. The first-order valence-electron chi connectivity index (χ1n) is 14.2. The third-order valence-corrected chi connectivity index (χ3v) is 7.64. The molecule has 0 fully saturated rings. The fourth-order valence-corrected chi connectivity index (χ4v) is 5.71. The van der Waals surface area contributed by atoms with Gasteiger partial charge in [0.25, 0.3) is 0 Å². The minimum atomic E-state index is -0.106. The molecule has 0 amide bonds. The maximum Gasteiger partial charge on any atom is 0.134 e. The summed E-state index contributed by atoms with van der Waals surface area (Å²) < 4.78 is 0. The van der Waals surface area contributed by atoms with Crippen molar-refractivity contribution in [2.45, 2.75) is 19.9 Å². The van der Waals surface area contributed by atoms with Crippen LogP contribution in [0.25, 0.3) is 38.9 Å². The van der Waals surface area contributed by atoms with E-state index in [1.807, 2.05) is 38.1 Å². The molecule has 0 radical (unpaired) electrons. The molecule has 2 heterocycles. The van der Waals surface area contributed by atoms with Gasteiger partial charge >= 0.3 is 0 Å². The van der Waals surface area contributed by atoms with E-state index in [0.29, 0.717) is 0 Å². The Morgan fingerprint density at radius 3 is 2.07 bits per heavy atom. The number of nitrogens with zero attached hydrogens (tertiary/aromatic N) is 3. The van der Waals surface area contributed by atoms with Gasteiger partial charge in [0.15, 0.2) is 0 Å². The lowest BCUT2D eigenvalue weighted by Crippen LogP contribution is -2.31. The van der Waals surface area contributed by atoms with E-state index in [4.69, 9.17) is 9.98 Å². The van der Waals surface area contributed by atoms with Crippen LogP contribution in [0.5, 0.6) is 0 Å². The van der Waals surface area contributed by atoms with Crippen LogP contribution in [-0.2, 0) is 0 Å². The molecule has 0 saturated carbocycles. The van der Waals surface area contributed by atoms with Crippen LogP contribution in [0.3, 0.4) is 0 Å². The van der Waals surface area contributed by atoms with Crippen LogP contribution in [0.15, 0.2) is 138 Å². The molecule has 1 aliphatic rings. The Kier molecular flexibility index (Phi) is 6.65. The molecule has 1 atom stereocenters. The van der Waals surface area contributed by atoms with Crippen LogP contribution < -0.4 is 5.32 Å². The number of hydrogen-bond acceptors (Lipinski definition) is 4. The molecule has 0 saturated heterocycles. The largest absolute Gasteiger partial charge is 0.359 e. The Labute approximate surface area is 246 Å². The molecule has 6 aromatic rings. The molecule has 1 aliphatic heterocycles. The molecule has 4 heteroatoms. The van der Waals surface area contributed by atoms with Crippen LogP contribution in [0.2, 0.25) is 0 Å². The van der Waals surface area contributed by atoms with E-state index >= 15 is 0 Å². The van der Waals surface area contributed by atoms with Gasteiger partial charge in [0.05, 0.1) is 17.4 Å². The Morgan fingerprint density at radius 2 is 1.29 bits per heavy atom. The zero-order chi connectivity index (χ0) is 28.5. The van der Waals surface area contributed by atoms with Crippen LogP contribution in [0.1, 0.15) is 34.3 Å². The molecule has 0 aliphatic carbocycles. The molecule has 7 rings (SSSR count). The Hall–Kier alpha value is -5.35. The minimum Gasteiger partial charge on any atom is -0.359 e. The van der Waals surface area contributed by atoms with Gasteiger partial charge in [-0.15, -0.1) is 0 Å². The van der Waals surface area contributed by atoms with Crippen LogP contribution in [0, 0.1) is 13.8 Å². The predicted molar refractivity (Wildman–Crippen MR) is 173 cm³/mol. The van der Waals surface area contributed by atoms with Crippen molar-refractivity contribution in [3.63, 3.8) is 0 Å². The summed E-state index contributed by atoms with van der Waals surface area (Å²) in [6.45, 7) is 3.97. The lowest BCUT2D eigenvalue weighted by molar-refractivity contribution is 0.781. The topological polar surface area (TPSA) is 50.2 Å². The van der Waals surface area contributed by atoms with Crippen molar-refractivity contribution < 1.29 is 0 Å². The fraction of sp³-hybridized carbons (Fsp3) is 0.0789. The molecule has 1 N–H and O–H groups in total. The van der Waals surface area contributed by atoms with E-state index in [1.165, 1.54) is 16.3 Å². The first-order chi connectivity index (χ1) is 20.6. The number of aliphatic imine (C=N–C) groups is 1.